The predicted molar refractivity (Wildman–Crippen MR) is 107 cm³/mol. The first kappa shape index (κ1) is 18.0. The van der Waals surface area contributed by atoms with Crippen molar-refractivity contribution in [2.75, 3.05) is 5.32 Å². The average Bonchev–Trinajstić information content (AvgIpc) is 2.59. The summed E-state index contributed by atoms with van der Waals surface area (Å²) >= 11 is 17.4. The Balaban J connectivity index is 1.85. The summed E-state index contributed by atoms with van der Waals surface area (Å²) in [5.74, 6) is 0.594. The summed E-state index contributed by atoms with van der Waals surface area (Å²) in [6, 6.07) is 16.2. The highest BCUT2D eigenvalue weighted by Gasteiger charge is 2.17. The van der Waals surface area contributed by atoms with Gasteiger partial charge in [0.1, 0.15) is 5.75 Å². The molecule has 0 saturated heterocycles. The lowest BCUT2D eigenvalue weighted by Gasteiger charge is -2.14. The van der Waals surface area contributed by atoms with E-state index in [0.717, 1.165) is 10.8 Å². The van der Waals surface area contributed by atoms with E-state index in [1.165, 1.54) is 12.1 Å². The number of fused-ring (bicyclic) bond motifs is 1. The van der Waals surface area contributed by atoms with Gasteiger partial charge in [0.2, 0.25) is 0 Å². The highest BCUT2D eigenvalue weighted by Crippen LogP contribution is 2.30. The second-order valence-corrected chi connectivity index (χ2v) is 6.39. The number of ether oxygens (including phenoxy) is 1. The maximum Gasteiger partial charge on any atom is 0.488 e. The van der Waals surface area contributed by atoms with E-state index in [1.54, 1.807) is 6.07 Å². The monoisotopic (exact) mass is 391 g/mol. The quantitative estimate of drug-likeness (QED) is 0.470. The topological polar surface area (TPSA) is 61.7 Å². The minimum atomic E-state index is -1.68. The summed E-state index contributed by atoms with van der Waals surface area (Å²) in [6.45, 7) is 0. The minimum absolute atomic E-state index is 0.0545. The molecule has 0 amide bonds. The first-order chi connectivity index (χ1) is 12.0. The average molecular weight is 392 g/mol. The third-order valence-electron chi connectivity index (χ3n) is 3.54. The molecule has 0 bridgehead atoms. The van der Waals surface area contributed by atoms with E-state index in [0.29, 0.717) is 11.4 Å². The van der Waals surface area contributed by atoms with Gasteiger partial charge < -0.3 is 20.1 Å². The molecule has 3 rings (SSSR count). The number of benzene rings is 3. The van der Waals surface area contributed by atoms with Gasteiger partial charge in [0.25, 0.3) is 5.17 Å². The maximum atomic E-state index is 9.31. The molecule has 3 aromatic carbocycles. The Labute approximate surface area is 160 Å². The van der Waals surface area contributed by atoms with Crippen LogP contribution in [0.5, 0.6) is 5.75 Å². The zero-order valence-electron chi connectivity index (χ0n) is 12.7. The van der Waals surface area contributed by atoms with Gasteiger partial charge in [0.05, 0.1) is 15.7 Å². The Morgan fingerprint density at radius 1 is 1.04 bits per heavy atom. The molecule has 4 nitrogen and oxygen atoms in total. The van der Waals surface area contributed by atoms with Crippen LogP contribution in [-0.4, -0.2) is 22.3 Å². The lowest BCUT2D eigenvalue weighted by molar-refractivity contribution is 0.426. The molecule has 0 fully saturated rings. The summed E-state index contributed by atoms with van der Waals surface area (Å²) < 4.78 is 5.72. The van der Waals surface area contributed by atoms with Crippen LogP contribution < -0.4 is 15.5 Å². The molecule has 0 saturated carbocycles. The second kappa shape index (κ2) is 7.60. The second-order valence-electron chi connectivity index (χ2n) is 5.23. The molecule has 25 heavy (non-hydrogen) atoms. The van der Waals surface area contributed by atoms with Gasteiger partial charge in [-0.05, 0) is 41.3 Å². The lowest BCUT2D eigenvalue weighted by Crippen LogP contribution is -2.30. The van der Waals surface area contributed by atoms with Crippen molar-refractivity contribution in [1.29, 1.82) is 0 Å². The summed E-state index contributed by atoms with van der Waals surface area (Å²) in [5, 5.41) is 23.8. The molecule has 0 heterocycles. The first-order valence-electron chi connectivity index (χ1n) is 7.27. The molecular formula is C17H12BCl2NO3S. The van der Waals surface area contributed by atoms with E-state index in [-0.39, 0.29) is 20.7 Å². The van der Waals surface area contributed by atoms with Gasteiger partial charge in [-0.3, -0.25) is 0 Å². The highest BCUT2D eigenvalue weighted by molar-refractivity contribution is 7.80. The van der Waals surface area contributed by atoms with Crippen LogP contribution in [0.4, 0.5) is 5.69 Å². The fourth-order valence-electron chi connectivity index (χ4n) is 2.37. The Morgan fingerprint density at radius 2 is 1.76 bits per heavy atom. The molecule has 0 spiro atoms. The molecule has 0 atom stereocenters. The van der Waals surface area contributed by atoms with E-state index in [4.69, 9.17) is 40.2 Å². The van der Waals surface area contributed by atoms with Gasteiger partial charge >= 0.3 is 7.12 Å². The SMILES string of the molecule is OB(O)c1cc(Cl)c(Cl)c(NC(=S)Oc2cccc3ccccc23)c1. The van der Waals surface area contributed by atoms with Crippen molar-refractivity contribution in [2.24, 2.45) is 0 Å². The standard InChI is InChI=1S/C17H12BCl2NO3S/c19-13-8-11(18(22)23)9-14(16(13)20)21-17(25)24-15-7-3-5-10-4-1-2-6-12(10)15/h1-9,22-23H,(H,21,25). The Bertz CT molecular complexity index is 947. The fraction of sp³-hybridized carbons (Fsp3) is 0. The molecule has 3 N–H and O–H groups in total. The highest BCUT2D eigenvalue weighted by atomic mass is 35.5. The van der Waals surface area contributed by atoms with Crippen LogP contribution in [0.1, 0.15) is 0 Å². The third-order valence-corrected chi connectivity index (χ3v) is 4.53. The van der Waals surface area contributed by atoms with Crippen LogP contribution in [0.2, 0.25) is 10.0 Å². The van der Waals surface area contributed by atoms with E-state index >= 15 is 0 Å². The molecular weight excluding hydrogens is 380 g/mol. The number of hydrogen-bond acceptors (Lipinski definition) is 4. The normalized spacial score (nSPS) is 10.6. The van der Waals surface area contributed by atoms with Crippen LogP contribution in [-0.2, 0) is 0 Å². The Kier molecular flexibility index (Phi) is 5.46. The van der Waals surface area contributed by atoms with Crippen molar-refractivity contribution < 1.29 is 14.8 Å². The van der Waals surface area contributed by atoms with Crippen molar-refractivity contribution >= 4 is 69.6 Å². The molecule has 0 aliphatic carbocycles. The minimum Gasteiger partial charge on any atom is -0.431 e. The maximum absolute atomic E-state index is 9.31. The number of nitrogens with one attached hydrogen (secondary N) is 1. The molecule has 8 heteroatoms. The summed E-state index contributed by atoms with van der Waals surface area (Å²) in [6.07, 6.45) is 0. The van der Waals surface area contributed by atoms with E-state index in [2.05, 4.69) is 5.32 Å². The smallest absolute Gasteiger partial charge is 0.431 e. The van der Waals surface area contributed by atoms with Gasteiger partial charge in [-0.15, -0.1) is 0 Å². The van der Waals surface area contributed by atoms with Gasteiger partial charge in [-0.2, -0.15) is 0 Å². The van der Waals surface area contributed by atoms with E-state index in [9.17, 15) is 10.0 Å². The molecule has 0 unspecified atom stereocenters. The van der Waals surface area contributed by atoms with Gasteiger partial charge in [0.15, 0.2) is 0 Å². The number of anilines is 1. The zero-order chi connectivity index (χ0) is 18.0. The summed E-state index contributed by atoms with van der Waals surface area (Å²) in [5.41, 5.74) is 0.507. The number of rotatable bonds is 3. The van der Waals surface area contributed by atoms with Crippen LogP contribution in [0, 0.1) is 0 Å². The summed E-state index contributed by atoms with van der Waals surface area (Å²) in [4.78, 5) is 0. The fourth-order valence-corrected chi connectivity index (χ4v) is 2.95. The van der Waals surface area contributed by atoms with Crippen molar-refractivity contribution in [3.63, 3.8) is 0 Å². The molecule has 126 valence electrons. The first-order valence-corrected chi connectivity index (χ1v) is 8.44. The molecule has 0 radical (unpaired) electrons. The van der Waals surface area contributed by atoms with Crippen LogP contribution in [0.25, 0.3) is 10.8 Å². The zero-order valence-corrected chi connectivity index (χ0v) is 15.1. The van der Waals surface area contributed by atoms with Gasteiger partial charge in [0, 0.05) is 5.39 Å². The van der Waals surface area contributed by atoms with Crippen molar-refractivity contribution in [3.05, 3.63) is 64.6 Å². The van der Waals surface area contributed by atoms with E-state index < -0.39 is 7.12 Å². The van der Waals surface area contributed by atoms with Crippen LogP contribution in [0.3, 0.4) is 0 Å². The Hall–Kier alpha value is -1.83. The number of halogens is 2. The molecule has 0 aliphatic rings. The van der Waals surface area contributed by atoms with Crippen LogP contribution in [0.15, 0.2) is 54.6 Å². The van der Waals surface area contributed by atoms with E-state index in [1.807, 2.05) is 36.4 Å². The van der Waals surface area contributed by atoms with Gasteiger partial charge in [-0.1, -0.05) is 59.6 Å². The van der Waals surface area contributed by atoms with Crippen molar-refractivity contribution in [3.8, 4) is 5.75 Å². The molecule has 0 aromatic heterocycles. The molecule has 0 aliphatic heterocycles. The third kappa shape index (κ3) is 4.06. The van der Waals surface area contributed by atoms with Gasteiger partial charge in [-0.25, -0.2) is 0 Å². The number of hydrogen-bond donors (Lipinski definition) is 3. The Morgan fingerprint density at radius 3 is 2.52 bits per heavy atom. The van der Waals surface area contributed by atoms with Crippen molar-refractivity contribution in [2.45, 2.75) is 0 Å². The molecule has 3 aromatic rings. The lowest BCUT2D eigenvalue weighted by atomic mass is 9.80. The number of thiocarbonyl (C=S) groups is 1. The largest absolute Gasteiger partial charge is 0.488 e. The summed E-state index contributed by atoms with van der Waals surface area (Å²) in [7, 11) is -1.68. The predicted octanol–water partition coefficient (Wildman–Crippen LogP) is 3.60. The van der Waals surface area contributed by atoms with Crippen molar-refractivity contribution in [1.82, 2.24) is 0 Å². The van der Waals surface area contributed by atoms with Crippen LogP contribution >= 0.6 is 35.4 Å².